The lowest BCUT2D eigenvalue weighted by molar-refractivity contribution is 0.0699. The predicted molar refractivity (Wildman–Crippen MR) is 86.8 cm³/mol. The lowest BCUT2D eigenvalue weighted by Crippen LogP contribution is -2.00. The molecular formula is C16H9BrClNO2. The Hall–Kier alpha value is -1.91. The number of carbonyl (C=O) groups is 1. The van der Waals surface area contributed by atoms with E-state index < -0.39 is 5.97 Å². The van der Waals surface area contributed by atoms with E-state index in [1.165, 1.54) is 0 Å². The molecule has 2 aromatic carbocycles. The van der Waals surface area contributed by atoms with Gasteiger partial charge in [-0.1, -0.05) is 51.8 Å². The number of hydrogen-bond acceptors (Lipinski definition) is 2. The van der Waals surface area contributed by atoms with Crippen molar-refractivity contribution in [3.63, 3.8) is 0 Å². The van der Waals surface area contributed by atoms with Crippen molar-refractivity contribution in [2.45, 2.75) is 0 Å². The summed E-state index contributed by atoms with van der Waals surface area (Å²) in [5, 5.41) is 10.5. The number of carboxylic acid groups (broad SMARTS) is 1. The van der Waals surface area contributed by atoms with Gasteiger partial charge in [0.05, 0.1) is 16.8 Å². The summed E-state index contributed by atoms with van der Waals surface area (Å²) in [6.45, 7) is 0. The summed E-state index contributed by atoms with van der Waals surface area (Å²) in [7, 11) is 0. The summed E-state index contributed by atoms with van der Waals surface area (Å²) < 4.78 is 0.857. The predicted octanol–water partition coefficient (Wildman–Crippen LogP) is 5.02. The van der Waals surface area contributed by atoms with Gasteiger partial charge in [0.2, 0.25) is 0 Å². The van der Waals surface area contributed by atoms with Crippen molar-refractivity contribution in [3.05, 3.63) is 63.6 Å². The normalized spacial score (nSPS) is 10.8. The Bertz CT molecular complexity index is 864. The minimum Gasteiger partial charge on any atom is -0.478 e. The molecular weight excluding hydrogens is 354 g/mol. The zero-order valence-corrected chi connectivity index (χ0v) is 13.0. The van der Waals surface area contributed by atoms with Crippen LogP contribution in [0.1, 0.15) is 10.4 Å². The molecule has 0 amide bonds. The highest BCUT2D eigenvalue weighted by molar-refractivity contribution is 9.10. The molecule has 5 heteroatoms. The molecule has 0 radical (unpaired) electrons. The second-order valence-electron chi connectivity index (χ2n) is 4.50. The van der Waals surface area contributed by atoms with Crippen molar-refractivity contribution in [1.82, 2.24) is 4.98 Å². The third-order valence-corrected chi connectivity index (χ3v) is 4.08. The zero-order valence-electron chi connectivity index (χ0n) is 10.7. The van der Waals surface area contributed by atoms with Crippen LogP contribution in [0.5, 0.6) is 0 Å². The summed E-state index contributed by atoms with van der Waals surface area (Å²) in [4.78, 5) is 16.0. The first-order chi connectivity index (χ1) is 10.1. The van der Waals surface area contributed by atoms with Gasteiger partial charge in [-0.05, 0) is 24.3 Å². The lowest BCUT2D eigenvalue weighted by Gasteiger charge is -2.08. The van der Waals surface area contributed by atoms with Gasteiger partial charge in [-0.15, -0.1) is 0 Å². The molecule has 0 saturated carbocycles. The quantitative estimate of drug-likeness (QED) is 0.696. The number of benzene rings is 2. The number of nitrogens with zero attached hydrogens (tertiary/aromatic N) is 1. The van der Waals surface area contributed by atoms with Gasteiger partial charge in [0, 0.05) is 20.4 Å². The topological polar surface area (TPSA) is 50.2 Å². The van der Waals surface area contributed by atoms with Crippen LogP contribution in [-0.4, -0.2) is 16.1 Å². The van der Waals surface area contributed by atoms with Crippen molar-refractivity contribution in [2.75, 3.05) is 0 Å². The van der Waals surface area contributed by atoms with Gasteiger partial charge in [0.1, 0.15) is 0 Å². The molecule has 0 unspecified atom stereocenters. The van der Waals surface area contributed by atoms with E-state index in [1.807, 2.05) is 24.3 Å². The SMILES string of the molecule is O=C(O)c1cc(-c2ccccc2Br)nc2cc(Cl)ccc12. The Balaban J connectivity index is 2.35. The van der Waals surface area contributed by atoms with Crippen LogP contribution < -0.4 is 0 Å². The molecule has 1 aromatic heterocycles. The monoisotopic (exact) mass is 361 g/mol. The fraction of sp³-hybridized carbons (Fsp3) is 0. The molecule has 104 valence electrons. The number of aromatic nitrogens is 1. The number of carboxylic acids is 1. The van der Waals surface area contributed by atoms with Crippen molar-refractivity contribution < 1.29 is 9.90 Å². The molecule has 0 bridgehead atoms. The Labute approximate surface area is 134 Å². The van der Waals surface area contributed by atoms with E-state index in [-0.39, 0.29) is 5.56 Å². The van der Waals surface area contributed by atoms with Crippen LogP contribution in [0.2, 0.25) is 5.02 Å². The molecule has 1 N–H and O–H groups in total. The summed E-state index contributed by atoms with van der Waals surface area (Å²) in [5.41, 5.74) is 2.20. The van der Waals surface area contributed by atoms with Crippen LogP contribution >= 0.6 is 27.5 Å². The van der Waals surface area contributed by atoms with E-state index >= 15 is 0 Å². The maximum Gasteiger partial charge on any atom is 0.336 e. The number of aromatic carboxylic acids is 1. The Kier molecular flexibility index (Phi) is 3.66. The van der Waals surface area contributed by atoms with Gasteiger partial charge in [0.25, 0.3) is 0 Å². The van der Waals surface area contributed by atoms with E-state index in [1.54, 1.807) is 24.3 Å². The van der Waals surface area contributed by atoms with Crippen molar-refractivity contribution in [3.8, 4) is 11.3 Å². The number of pyridine rings is 1. The van der Waals surface area contributed by atoms with Gasteiger partial charge in [0.15, 0.2) is 0 Å². The molecule has 0 atom stereocenters. The average Bonchev–Trinajstić information content (AvgIpc) is 2.46. The minimum absolute atomic E-state index is 0.211. The second-order valence-corrected chi connectivity index (χ2v) is 5.79. The molecule has 0 aliphatic carbocycles. The number of rotatable bonds is 2. The van der Waals surface area contributed by atoms with Crippen LogP contribution in [0.25, 0.3) is 22.2 Å². The number of halogens is 2. The van der Waals surface area contributed by atoms with Crippen LogP contribution in [0, 0.1) is 0 Å². The molecule has 0 saturated heterocycles. The smallest absolute Gasteiger partial charge is 0.336 e. The minimum atomic E-state index is -0.988. The van der Waals surface area contributed by atoms with Gasteiger partial charge in [-0.25, -0.2) is 9.78 Å². The molecule has 3 aromatic rings. The molecule has 0 spiro atoms. The zero-order chi connectivity index (χ0) is 15.0. The standard InChI is InChI=1S/C16H9BrClNO2/c17-13-4-2-1-3-11(13)15-8-12(16(20)21)10-6-5-9(18)7-14(10)19-15/h1-8H,(H,20,21). The lowest BCUT2D eigenvalue weighted by atomic mass is 10.0. The Morgan fingerprint density at radius 3 is 2.62 bits per heavy atom. The van der Waals surface area contributed by atoms with Crippen molar-refractivity contribution in [1.29, 1.82) is 0 Å². The number of hydrogen-bond donors (Lipinski definition) is 1. The molecule has 0 aliphatic rings. The van der Waals surface area contributed by atoms with E-state index in [2.05, 4.69) is 20.9 Å². The van der Waals surface area contributed by atoms with Gasteiger partial charge in [-0.2, -0.15) is 0 Å². The van der Waals surface area contributed by atoms with Crippen LogP contribution in [0.15, 0.2) is 53.0 Å². The Morgan fingerprint density at radius 1 is 1.14 bits per heavy atom. The van der Waals surface area contributed by atoms with Gasteiger partial charge >= 0.3 is 5.97 Å². The van der Waals surface area contributed by atoms with E-state index in [4.69, 9.17) is 11.6 Å². The first-order valence-corrected chi connectivity index (χ1v) is 7.32. The molecule has 0 fully saturated rings. The van der Waals surface area contributed by atoms with Crippen molar-refractivity contribution in [2.24, 2.45) is 0 Å². The summed E-state index contributed by atoms with van der Waals surface area (Å²) in [5.74, 6) is -0.988. The maximum atomic E-state index is 11.5. The highest BCUT2D eigenvalue weighted by Gasteiger charge is 2.14. The molecule has 3 nitrogen and oxygen atoms in total. The molecule has 3 rings (SSSR count). The highest BCUT2D eigenvalue weighted by Crippen LogP contribution is 2.30. The second kappa shape index (κ2) is 5.47. The Morgan fingerprint density at radius 2 is 1.90 bits per heavy atom. The third kappa shape index (κ3) is 2.64. The highest BCUT2D eigenvalue weighted by atomic mass is 79.9. The fourth-order valence-corrected chi connectivity index (χ4v) is 2.84. The first-order valence-electron chi connectivity index (χ1n) is 6.15. The van der Waals surface area contributed by atoms with E-state index in [0.717, 1.165) is 10.0 Å². The fourth-order valence-electron chi connectivity index (χ4n) is 2.19. The first kappa shape index (κ1) is 14.0. The van der Waals surface area contributed by atoms with Crippen LogP contribution in [0.4, 0.5) is 0 Å². The van der Waals surface area contributed by atoms with Gasteiger partial charge < -0.3 is 5.11 Å². The summed E-state index contributed by atoms with van der Waals surface area (Å²) in [6.07, 6.45) is 0. The molecule has 1 heterocycles. The van der Waals surface area contributed by atoms with Crippen molar-refractivity contribution >= 4 is 44.4 Å². The average molecular weight is 363 g/mol. The van der Waals surface area contributed by atoms with Gasteiger partial charge in [-0.3, -0.25) is 0 Å². The maximum absolute atomic E-state index is 11.5. The largest absolute Gasteiger partial charge is 0.478 e. The number of fused-ring (bicyclic) bond motifs is 1. The van der Waals surface area contributed by atoms with Crippen LogP contribution in [-0.2, 0) is 0 Å². The third-order valence-electron chi connectivity index (χ3n) is 3.15. The van der Waals surface area contributed by atoms with E-state index in [0.29, 0.717) is 21.6 Å². The molecule has 21 heavy (non-hydrogen) atoms. The summed E-state index contributed by atoms with van der Waals surface area (Å²) >= 11 is 9.44. The van der Waals surface area contributed by atoms with Crippen LogP contribution in [0.3, 0.4) is 0 Å². The molecule has 0 aliphatic heterocycles. The summed E-state index contributed by atoms with van der Waals surface area (Å²) in [6, 6.07) is 14.1. The van der Waals surface area contributed by atoms with E-state index in [9.17, 15) is 9.90 Å².